The van der Waals surface area contributed by atoms with Crippen LogP contribution in [0.15, 0.2) is 77.9 Å². The van der Waals surface area contributed by atoms with Gasteiger partial charge in [0.2, 0.25) is 5.91 Å². The van der Waals surface area contributed by atoms with Crippen molar-refractivity contribution in [3.8, 4) is 5.75 Å². The maximum absolute atomic E-state index is 12.1. The Morgan fingerprint density at radius 3 is 2.03 bits per heavy atom. The zero-order valence-electron chi connectivity index (χ0n) is 16.7. The molecule has 10 nitrogen and oxygen atoms in total. The lowest BCUT2D eigenvalue weighted by molar-refractivity contribution is -0.385. The molecule has 3 aromatic carbocycles. The molecule has 0 saturated heterocycles. The predicted octanol–water partition coefficient (Wildman–Crippen LogP) is 3.77. The molecule has 3 aromatic rings. The number of nitrogens with one attached hydrogen (secondary N) is 1. The Morgan fingerprint density at radius 1 is 0.875 bits per heavy atom. The largest absolute Gasteiger partial charge is 0.488 e. The molecule has 10 heteroatoms. The first-order valence-corrected chi connectivity index (χ1v) is 9.43. The second kappa shape index (κ2) is 10.4. The van der Waals surface area contributed by atoms with Gasteiger partial charge in [0.25, 0.3) is 11.4 Å². The van der Waals surface area contributed by atoms with Crippen molar-refractivity contribution in [3.05, 3.63) is 110 Å². The number of carbonyl (C=O) groups excluding carboxylic acids is 1. The number of para-hydroxylation sites is 1. The second-order valence-electron chi connectivity index (χ2n) is 6.64. The molecular weight excluding hydrogens is 416 g/mol. The van der Waals surface area contributed by atoms with Crippen LogP contribution in [-0.2, 0) is 17.8 Å². The van der Waals surface area contributed by atoms with E-state index in [1.165, 1.54) is 42.6 Å². The molecule has 0 unspecified atom stereocenters. The van der Waals surface area contributed by atoms with Gasteiger partial charge in [0.1, 0.15) is 12.4 Å². The van der Waals surface area contributed by atoms with Gasteiger partial charge in [-0.25, -0.2) is 5.43 Å². The molecule has 0 saturated carbocycles. The van der Waals surface area contributed by atoms with Crippen molar-refractivity contribution >= 4 is 23.5 Å². The maximum Gasteiger partial charge on any atom is 0.269 e. The Kier molecular flexibility index (Phi) is 7.20. The third-order valence-electron chi connectivity index (χ3n) is 4.37. The van der Waals surface area contributed by atoms with Crippen LogP contribution < -0.4 is 10.2 Å². The van der Waals surface area contributed by atoms with Crippen LogP contribution in [0.1, 0.15) is 16.7 Å². The highest BCUT2D eigenvalue weighted by atomic mass is 16.6. The zero-order valence-corrected chi connectivity index (χ0v) is 16.7. The number of benzene rings is 3. The number of nitro groups is 2. The van der Waals surface area contributed by atoms with Crippen molar-refractivity contribution in [2.75, 3.05) is 0 Å². The summed E-state index contributed by atoms with van der Waals surface area (Å²) in [7, 11) is 0. The molecule has 0 bridgehead atoms. The number of nitro benzene ring substituents is 2. The molecule has 0 atom stereocenters. The Balaban J connectivity index is 1.56. The molecule has 1 N–H and O–H groups in total. The van der Waals surface area contributed by atoms with Crippen molar-refractivity contribution in [1.82, 2.24) is 5.43 Å². The lowest BCUT2D eigenvalue weighted by Crippen LogP contribution is -2.19. The highest BCUT2D eigenvalue weighted by Crippen LogP contribution is 2.19. The standard InChI is InChI=1S/C22H18N4O6/c27-22(13-16-5-9-19(10-6-16)25(28)29)24-23-14-18-3-1-2-4-21(18)32-15-17-7-11-20(12-8-17)26(30)31/h1-12,14H,13,15H2,(H,24,27)/b23-14-. The summed E-state index contributed by atoms with van der Waals surface area (Å²) in [5, 5.41) is 25.3. The van der Waals surface area contributed by atoms with Gasteiger partial charge in [-0.2, -0.15) is 5.10 Å². The van der Waals surface area contributed by atoms with Gasteiger partial charge in [0.05, 0.1) is 22.5 Å². The van der Waals surface area contributed by atoms with Gasteiger partial charge >= 0.3 is 0 Å². The Bertz CT molecular complexity index is 1140. The number of non-ortho nitro benzene ring substituents is 2. The summed E-state index contributed by atoms with van der Waals surface area (Å²) < 4.78 is 5.78. The summed E-state index contributed by atoms with van der Waals surface area (Å²) >= 11 is 0. The third-order valence-corrected chi connectivity index (χ3v) is 4.37. The highest BCUT2D eigenvalue weighted by molar-refractivity contribution is 5.85. The number of rotatable bonds is 9. The summed E-state index contributed by atoms with van der Waals surface area (Å²) in [6.45, 7) is 0.204. The van der Waals surface area contributed by atoms with Crippen molar-refractivity contribution in [3.63, 3.8) is 0 Å². The van der Waals surface area contributed by atoms with Crippen LogP contribution >= 0.6 is 0 Å². The van der Waals surface area contributed by atoms with Crippen LogP contribution in [0.3, 0.4) is 0 Å². The van der Waals surface area contributed by atoms with E-state index in [0.29, 0.717) is 16.9 Å². The van der Waals surface area contributed by atoms with Crippen LogP contribution in [0.2, 0.25) is 0 Å². The smallest absolute Gasteiger partial charge is 0.269 e. The normalized spacial score (nSPS) is 10.6. The van der Waals surface area contributed by atoms with Crippen molar-refractivity contribution in [2.24, 2.45) is 5.10 Å². The Labute approximate surface area is 182 Å². The number of hydrogen-bond donors (Lipinski definition) is 1. The average Bonchev–Trinajstić information content (AvgIpc) is 2.79. The first-order chi connectivity index (χ1) is 15.4. The van der Waals surface area contributed by atoms with E-state index in [2.05, 4.69) is 10.5 Å². The minimum Gasteiger partial charge on any atom is -0.488 e. The quantitative estimate of drug-likeness (QED) is 0.309. The van der Waals surface area contributed by atoms with E-state index in [1.54, 1.807) is 36.4 Å². The molecule has 32 heavy (non-hydrogen) atoms. The molecule has 0 aliphatic heterocycles. The first kappa shape index (κ1) is 22.1. The number of amides is 1. The second-order valence-corrected chi connectivity index (χ2v) is 6.64. The van der Waals surface area contributed by atoms with Crippen LogP contribution in [0.5, 0.6) is 5.75 Å². The van der Waals surface area contributed by atoms with Gasteiger partial charge in [0.15, 0.2) is 0 Å². The molecule has 0 fully saturated rings. The number of hydrazone groups is 1. The molecule has 0 heterocycles. The van der Waals surface area contributed by atoms with Crippen LogP contribution in [0, 0.1) is 20.2 Å². The van der Waals surface area contributed by atoms with Crippen LogP contribution in [0.25, 0.3) is 0 Å². The summed E-state index contributed by atoms with van der Waals surface area (Å²) in [4.78, 5) is 32.5. The third kappa shape index (κ3) is 6.20. The van der Waals surface area contributed by atoms with E-state index in [9.17, 15) is 25.0 Å². The van der Waals surface area contributed by atoms with E-state index < -0.39 is 9.85 Å². The topological polar surface area (TPSA) is 137 Å². The lowest BCUT2D eigenvalue weighted by Gasteiger charge is -2.09. The zero-order chi connectivity index (χ0) is 22.9. The monoisotopic (exact) mass is 434 g/mol. The fraction of sp³-hybridized carbons (Fsp3) is 0.0909. The number of nitrogens with zero attached hydrogens (tertiary/aromatic N) is 3. The maximum atomic E-state index is 12.1. The van der Waals surface area contributed by atoms with Gasteiger partial charge in [0, 0.05) is 29.8 Å². The fourth-order valence-electron chi connectivity index (χ4n) is 2.73. The van der Waals surface area contributed by atoms with Crippen LogP contribution in [0.4, 0.5) is 11.4 Å². The molecule has 0 aromatic heterocycles. The fourth-order valence-corrected chi connectivity index (χ4v) is 2.73. The van der Waals surface area contributed by atoms with E-state index in [4.69, 9.17) is 4.74 Å². The van der Waals surface area contributed by atoms with Crippen molar-refractivity contribution < 1.29 is 19.4 Å². The van der Waals surface area contributed by atoms with Crippen molar-refractivity contribution in [1.29, 1.82) is 0 Å². The molecule has 0 spiro atoms. The molecule has 0 aliphatic rings. The van der Waals surface area contributed by atoms with Gasteiger partial charge in [-0.15, -0.1) is 0 Å². The molecule has 0 aliphatic carbocycles. The van der Waals surface area contributed by atoms with Gasteiger partial charge in [-0.1, -0.05) is 24.3 Å². The number of ether oxygens (including phenoxy) is 1. The SMILES string of the molecule is O=C(Cc1ccc([N+](=O)[O-])cc1)N/N=C\c1ccccc1OCc1ccc([N+](=O)[O-])cc1. The lowest BCUT2D eigenvalue weighted by atomic mass is 10.1. The molecule has 3 rings (SSSR count). The van der Waals surface area contributed by atoms with E-state index in [-0.39, 0.29) is 30.3 Å². The Hall–Kier alpha value is -4.60. The van der Waals surface area contributed by atoms with E-state index >= 15 is 0 Å². The highest BCUT2D eigenvalue weighted by Gasteiger charge is 2.08. The minimum atomic E-state index is -0.505. The summed E-state index contributed by atoms with van der Waals surface area (Å²) in [6.07, 6.45) is 1.46. The van der Waals surface area contributed by atoms with Gasteiger partial charge in [-0.3, -0.25) is 25.0 Å². The van der Waals surface area contributed by atoms with Gasteiger partial charge in [-0.05, 0) is 35.4 Å². The van der Waals surface area contributed by atoms with E-state index in [1.807, 2.05) is 0 Å². The first-order valence-electron chi connectivity index (χ1n) is 9.43. The number of hydrogen-bond acceptors (Lipinski definition) is 7. The van der Waals surface area contributed by atoms with Crippen LogP contribution in [-0.4, -0.2) is 22.0 Å². The average molecular weight is 434 g/mol. The number of carbonyl (C=O) groups is 1. The van der Waals surface area contributed by atoms with E-state index in [0.717, 1.165) is 5.56 Å². The van der Waals surface area contributed by atoms with Gasteiger partial charge < -0.3 is 4.74 Å². The molecular formula is C22H18N4O6. The summed E-state index contributed by atoms with van der Waals surface area (Å²) in [5.74, 6) is 0.151. The minimum absolute atomic E-state index is 0.00532. The molecule has 162 valence electrons. The predicted molar refractivity (Wildman–Crippen MR) is 116 cm³/mol. The summed E-state index contributed by atoms with van der Waals surface area (Å²) in [5.41, 5.74) is 4.39. The van der Waals surface area contributed by atoms with Crippen molar-refractivity contribution in [2.45, 2.75) is 13.0 Å². The molecule has 1 amide bonds. The summed E-state index contributed by atoms with van der Waals surface area (Å²) in [6, 6.07) is 18.8. The Morgan fingerprint density at radius 2 is 1.44 bits per heavy atom. The molecule has 0 radical (unpaired) electrons.